The first-order chi connectivity index (χ1) is 12.0. The summed E-state index contributed by atoms with van der Waals surface area (Å²) in [5.74, 6) is 0.703. The smallest absolute Gasteiger partial charge is 0.276 e. The van der Waals surface area contributed by atoms with Crippen molar-refractivity contribution in [3.8, 4) is 11.4 Å². The van der Waals surface area contributed by atoms with Gasteiger partial charge >= 0.3 is 0 Å². The molecule has 1 unspecified atom stereocenters. The zero-order valence-corrected chi connectivity index (χ0v) is 15.0. The van der Waals surface area contributed by atoms with Crippen LogP contribution in [0.3, 0.4) is 0 Å². The highest BCUT2D eigenvalue weighted by molar-refractivity contribution is 5.93. The molecule has 2 heterocycles. The Hall–Kier alpha value is -2.41. The maximum atomic E-state index is 12.7. The maximum absolute atomic E-state index is 12.7. The number of amides is 1. The van der Waals surface area contributed by atoms with Gasteiger partial charge in [-0.25, -0.2) is 4.68 Å². The van der Waals surface area contributed by atoms with E-state index in [1.165, 1.54) is 0 Å². The average molecular weight is 343 g/mol. The second kappa shape index (κ2) is 7.23. The van der Waals surface area contributed by atoms with Crippen molar-refractivity contribution in [2.75, 3.05) is 13.1 Å². The van der Waals surface area contributed by atoms with E-state index in [4.69, 9.17) is 10.5 Å². The second-order valence-corrected chi connectivity index (χ2v) is 6.75. The van der Waals surface area contributed by atoms with Gasteiger partial charge in [0, 0.05) is 19.1 Å². The Morgan fingerprint density at radius 3 is 2.68 bits per heavy atom. The van der Waals surface area contributed by atoms with Crippen molar-refractivity contribution in [3.63, 3.8) is 0 Å². The molecule has 0 aliphatic carbocycles. The van der Waals surface area contributed by atoms with E-state index in [-0.39, 0.29) is 18.1 Å². The van der Waals surface area contributed by atoms with Crippen LogP contribution in [0, 0.1) is 6.92 Å². The van der Waals surface area contributed by atoms with E-state index in [0.717, 1.165) is 36.5 Å². The van der Waals surface area contributed by atoms with Gasteiger partial charge in [0.15, 0.2) is 5.69 Å². The van der Waals surface area contributed by atoms with Crippen LogP contribution < -0.4 is 10.5 Å². The third-order valence-electron chi connectivity index (χ3n) is 4.30. The lowest BCUT2D eigenvalue weighted by atomic mass is 10.1. The first kappa shape index (κ1) is 17.4. The van der Waals surface area contributed by atoms with Crippen LogP contribution in [-0.4, -0.2) is 51.0 Å². The number of nitrogens with two attached hydrogens (primary N) is 1. The summed E-state index contributed by atoms with van der Waals surface area (Å²) < 4.78 is 7.33. The molecule has 0 radical (unpaired) electrons. The van der Waals surface area contributed by atoms with E-state index < -0.39 is 0 Å². The van der Waals surface area contributed by atoms with Crippen LogP contribution in [0.4, 0.5) is 0 Å². The predicted molar refractivity (Wildman–Crippen MR) is 95.0 cm³/mol. The molecule has 0 spiro atoms. The minimum atomic E-state index is -0.0985. The zero-order valence-electron chi connectivity index (χ0n) is 15.0. The third kappa shape index (κ3) is 3.82. The number of rotatable bonds is 4. The monoisotopic (exact) mass is 343 g/mol. The molecular formula is C18H25N5O2. The fourth-order valence-corrected chi connectivity index (χ4v) is 3.05. The van der Waals surface area contributed by atoms with E-state index in [1.807, 2.05) is 45.0 Å². The molecule has 134 valence electrons. The van der Waals surface area contributed by atoms with Gasteiger partial charge in [0.2, 0.25) is 0 Å². The number of ether oxygens (including phenoxy) is 1. The molecule has 0 saturated carbocycles. The molecule has 1 atom stereocenters. The molecule has 25 heavy (non-hydrogen) atoms. The van der Waals surface area contributed by atoms with Gasteiger partial charge in [-0.15, -0.1) is 5.10 Å². The Balaban J connectivity index is 1.80. The van der Waals surface area contributed by atoms with Gasteiger partial charge in [0.25, 0.3) is 5.91 Å². The summed E-state index contributed by atoms with van der Waals surface area (Å²) in [6.45, 7) is 7.13. The lowest BCUT2D eigenvalue weighted by Gasteiger charge is -2.30. The summed E-state index contributed by atoms with van der Waals surface area (Å²) in [7, 11) is 0. The van der Waals surface area contributed by atoms with Gasteiger partial charge in [0.05, 0.1) is 17.5 Å². The van der Waals surface area contributed by atoms with E-state index in [2.05, 4.69) is 10.3 Å². The summed E-state index contributed by atoms with van der Waals surface area (Å²) in [5, 5.41) is 8.27. The molecule has 2 N–H and O–H groups in total. The van der Waals surface area contributed by atoms with Crippen LogP contribution in [0.25, 0.3) is 5.69 Å². The van der Waals surface area contributed by atoms with Crippen LogP contribution in [0.5, 0.6) is 5.75 Å². The van der Waals surface area contributed by atoms with Crippen molar-refractivity contribution >= 4 is 5.91 Å². The lowest BCUT2D eigenvalue weighted by molar-refractivity contribution is 0.0702. The number of carbonyl (C=O) groups is 1. The van der Waals surface area contributed by atoms with Gasteiger partial charge in [-0.1, -0.05) is 5.21 Å². The topological polar surface area (TPSA) is 86.3 Å². The third-order valence-corrected chi connectivity index (χ3v) is 4.30. The fourth-order valence-electron chi connectivity index (χ4n) is 3.05. The first-order valence-corrected chi connectivity index (χ1v) is 8.70. The highest BCUT2D eigenvalue weighted by Crippen LogP contribution is 2.19. The van der Waals surface area contributed by atoms with Crippen LogP contribution in [0.1, 0.15) is 42.9 Å². The minimum Gasteiger partial charge on any atom is -0.491 e. The van der Waals surface area contributed by atoms with Crippen molar-refractivity contribution in [1.29, 1.82) is 0 Å². The Kier molecular flexibility index (Phi) is 5.03. The number of hydrogen-bond acceptors (Lipinski definition) is 5. The van der Waals surface area contributed by atoms with E-state index in [1.54, 1.807) is 9.58 Å². The maximum Gasteiger partial charge on any atom is 0.276 e. The molecule has 1 aliphatic rings. The van der Waals surface area contributed by atoms with E-state index in [9.17, 15) is 4.79 Å². The Morgan fingerprint density at radius 2 is 2.04 bits per heavy atom. The zero-order chi connectivity index (χ0) is 18.0. The predicted octanol–water partition coefficient (Wildman–Crippen LogP) is 1.93. The summed E-state index contributed by atoms with van der Waals surface area (Å²) >= 11 is 0. The van der Waals surface area contributed by atoms with Gasteiger partial charge in [-0.05, 0) is 57.9 Å². The lowest BCUT2D eigenvalue weighted by Crippen LogP contribution is -2.46. The Morgan fingerprint density at radius 1 is 1.32 bits per heavy atom. The SMILES string of the molecule is Cc1c(C(=O)N2CCCC(N)C2)nnn1-c1ccc(OC(C)C)cc1. The van der Waals surface area contributed by atoms with Crippen molar-refractivity contribution in [2.45, 2.75) is 45.8 Å². The quantitative estimate of drug-likeness (QED) is 0.916. The molecule has 1 aromatic carbocycles. The summed E-state index contributed by atoms with van der Waals surface area (Å²) in [6, 6.07) is 7.64. The Bertz CT molecular complexity index is 738. The van der Waals surface area contributed by atoms with Gasteiger partial charge in [-0.3, -0.25) is 4.79 Å². The largest absolute Gasteiger partial charge is 0.491 e. The molecule has 7 heteroatoms. The van der Waals surface area contributed by atoms with Crippen molar-refractivity contribution in [3.05, 3.63) is 35.7 Å². The number of nitrogens with zero attached hydrogens (tertiary/aromatic N) is 4. The molecule has 1 aliphatic heterocycles. The number of benzene rings is 1. The molecule has 1 saturated heterocycles. The first-order valence-electron chi connectivity index (χ1n) is 8.70. The standard InChI is InChI=1S/C18H25N5O2/c1-12(2)25-16-8-6-15(7-9-16)23-13(3)17(20-21-23)18(24)22-10-4-5-14(19)11-22/h6-9,12,14H,4-5,10-11,19H2,1-3H3. The van der Waals surface area contributed by atoms with Gasteiger partial charge in [-0.2, -0.15) is 0 Å². The number of likely N-dealkylation sites (tertiary alicyclic amines) is 1. The molecule has 1 aromatic heterocycles. The van der Waals surface area contributed by atoms with Crippen molar-refractivity contribution < 1.29 is 9.53 Å². The highest BCUT2D eigenvalue weighted by atomic mass is 16.5. The van der Waals surface area contributed by atoms with Gasteiger partial charge in [0.1, 0.15) is 5.75 Å². The molecule has 2 aromatic rings. The van der Waals surface area contributed by atoms with Crippen LogP contribution in [0.15, 0.2) is 24.3 Å². The van der Waals surface area contributed by atoms with Crippen LogP contribution >= 0.6 is 0 Å². The molecule has 0 bridgehead atoms. The normalized spacial score (nSPS) is 17.8. The number of hydrogen-bond donors (Lipinski definition) is 1. The number of carbonyl (C=O) groups excluding carboxylic acids is 1. The fraction of sp³-hybridized carbons (Fsp3) is 0.500. The van der Waals surface area contributed by atoms with Crippen LogP contribution in [0.2, 0.25) is 0 Å². The molecule has 1 fully saturated rings. The summed E-state index contributed by atoms with van der Waals surface area (Å²) in [4.78, 5) is 14.5. The minimum absolute atomic E-state index is 0.0431. The highest BCUT2D eigenvalue weighted by Gasteiger charge is 2.26. The van der Waals surface area contributed by atoms with E-state index in [0.29, 0.717) is 12.2 Å². The van der Waals surface area contributed by atoms with Crippen LogP contribution in [-0.2, 0) is 0 Å². The molecular weight excluding hydrogens is 318 g/mol. The van der Waals surface area contributed by atoms with Crippen molar-refractivity contribution in [1.82, 2.24) is 19.9 Å². The molecule has 3 rings (SSSR count). The van der Waals surface area contributed by atoms with Crippen molar-refractivity contribution in [2.24, 2.45) is 5.73 Å². The second-order valence-electron chi connectivity index (χ2n) is 6.75. The van der Waals surface area contributed by atoms with Gasteiger partial charge < -0.3 is 15.4 Å². The number of aromatic nitrogens is 3. The average Bonchev–Trinajstić information content (AvgIpc) is 2.96. The molecule has 1 amide bonds. The summed E-state index contributed by atoms with van der Waals surface area (Å²) in [6.07, 6.45) is 2.01. The van der Waals surface area contributed by atoms with E-state index >= 15 is 0 Å². The number of piperidine rings is 1. The molecule has 7 nitrogen and oxygen atoms in total. The Labute approximate surface area is 147 Å². The summed E-state index contributed by atoms with van der Waals surface area (Å²) in [5.41, 5.74) is 7.93.